The second-order valence-electron chi connectivity index (χ2n) is 4.97. The van der Waals surface area contributed by atoms with Crippen molar-refractivity contribution in [1.29, 1.82) is 0 Å². The van der Waals surface area contributed by atoms with Gasteiger partial charge in [-0.15, -0.1) is 0 Å². The molecule has 1 amide bonds. The van der Waals surface area contributed by atoms with Gasteiger partial charge in [0.2, 0.25) is 5.88 Å². The number of ether oxygens (including phenoxy) is 1. The molecular formula is C13H16F3N3O2. The first-order valence-electron chi connectivity index (χ1n) is 6.50. The maximum atomic E-state index is 12.6. The zero-order valence-electron chi connectivity index (χ0n) is 11.5. The Balaban J connectivity index is 2.08. The van der Waals surface area contributed by atoms with Gasteiger partial charge < -0.3 is 15.4 Å². The first-order chi connectivity index (χ1) is 9.79. The van der Waals surface area contributed by atoms with Crippen LogP contribution in [0.1, 0.15) is 28.9 Å². The van der Waals surface area contributed by atoms with E-state index in [2.05, 4.69) is 9.88 Å². The van der Waals surface area contributed by atoms with E-state index in [0.717, 1.165) is 18.9 Å². The molecule has 116 valence electrons. The summed E-state index contributed by atoms with van der Waals surface area (Å²) in [5.41, 5.74) is 3.84. The van der Waals surface area contributed by atoms with E-state index in [0.29, 0.717) is 18.7 Å². The van der Waals surface area contributed by atoms with Gasteiger partial charge >= 0.3 is 6.18 Å². The van der Waals surface area contributed by atoms with Crippen molar-refractivity contribution in [1.82, 2.24) is 9.88 Å². The van der Waals surface area contributed by atoms with Gasteiger partial charge in [-0.25, -0.2) is 4.98 Å². The van der Waals surface area contributed by atoms with Crippen LogP contribution >= 0.6 is 0 Å². The van der Waals surface area contributed by atoms with Gasteiger partial charge in [0.1, 0.15) is 17.9 Å². The third-order valence-corrected chi connectivity index (χ3v) is 3.27. The molecule has 8 heteroatoms. The number of alkyl halides is 3. The molecule has 1 heterocycles. The standard InChI is InChI=1S/C13H16F3N3O2/c1-19(8-2-3-8)6-7-21-12-9(11(17)20)4-5-10(18-12)13(14,15)16/h4-5,8H,2-3,6-7H2,1H3,(H2,17,20). The summed E-state index contributed by atoms with van der Waals surface area (Å²) in [5.74, 6) is -1.25. The summed E-state index contributed by atoms with van der Waals surface area (Å²) in [6.45, 7) is 0.683. The van der Waals surface area contributed by atoms with Gasteiger partial charge in [0.15, 0.2) is 0 Å². The van der Waals surface area contributed by atoms with Crippen LogP contribution in [0, 0.1) is 0 Å². The van der Waals surface area contributed by atoms with E-state index >= 15 is 0 Å². The molecule has 5 nitrogen and oxygen atoms in total. The normalized spacial score (nSPS) is 15.3. The molecule has 2 rings (SSSR count). The quantitative estimate of drug-likeness (QED) is 0.868. The summed E-state index contributed by atoms with van der Waals surface area (Å²) in [5, 5.41) is 0. The average molecular weight is 303 g/mol. The molecule has 0 unspecified atom stereocenters. The molecule has 0 aliphatic heterocycles. The Labute approximate surface area is 119 Å². The lowest BCUT2D eigenvalue weighted by Gasteiger charge is -2.17. The second kappa shape index (κ2) is 5.88. The number of aromatic nitrogens is 1. The average Bonchev–Trinajstić information content (AvgIpc) is 3.21. The Kier molecular flexibility index (Phi) is 4.36. The first kappa shape index (κ1) is 15.6. The molecule has 1 aliphatic carbocycles. The highest BCUT2D eigenvalue weighted by Crippen LogP contribution is 2.30. The number of carbonyl (C=O) groups excluding carboxylic acids is 1. The van der Waals surface area contributed by atoms with Crippen molar-refractivity contribution >= 4 is 5.91 Å². The van der Waals surface area contributed by atoms with Crippen LogP contribution in [0.15, 0.2) is 12.1 Å². The van der Waals surface area contributed by atoms with Gasteiger partial charge in [-0.05, 0) is 32.0 Å². The number of hydrogen-bond donors (Lipinski definition) is 1. The predicted molar refractivity (Wildman–Crippen MR) is 68.9 cm³/mol. The Bertz CT molecular complexity index is 530. The minimum atomic E-state index is -4.60. The molecule has 1 saturated carbocycles. The van der Waals surface area contributed by atoms with Crippen LogP contribution in [0.3, 0.4) is 0 Å². The van der Waals surface area contributed by atoms with Crippen LogP contribution in [-0.2, 0) is 6.18 Å². The number of likely N-dealkylation sites (N-methyl/N-ethyl adjacent to an activating group) is 1. The van der Waals surface area contributed by atoms with Gasteiger partial charge in [0.25, 0.3) is 5.91 Å². The number of amides is 1. The van der Waals surface area contributed by atoms with E-state index < -0.39 is 17.8 Å². The molecule has 21 heavy (non-hydrogen) atoms. The lowest BCUT2D eigenvalue weighted by atomic mass is 10.2. The monoisotopic (exact) mass is 303 g/mol. The smallest absolute Gasteiger partial charge is 0.433 e. The summed E-state index contributed by atoms with van der Waals surface area (Å²) in [6.07, 6.45) is -2.37. The van der Waals surface area contributed by atoms with Crippen molar-refractivity contribution in [2.75, 3.05) is 20.2 Å². The van der Waals surface area contributed by atoms with E-state index in [-0.39, 0.29) is 18.1 Å². The lowest BCUT2D eigenvalue weighted by Crippen LogP contribution is -2.27. The molecule has 1 aromatic rings. The molecule has 0 radical (unpaired) electrons. The summed E-state index contributed by atoms with van der Waals surface area (Å²) in [7, 11) is 1.91. The van der Waals surface area contributed by atoms with E-state index in [1.807, 2.05) is 7.05 Å². The maximum absolute atomic E-state index is 12.6. The third-order valence-electron chi connectivity index (χ3n) is 3.27. The Hall–Kier alpha value is -1.83. The second-order valence-corrected chi connectivity index (χ2v) is 4.97. The maximum Gasteiger partial charge on any atom is 0.433 e. The molecule has 0 saturated heterocycles. The number of nitrogens with two attached hydrogens (primary N) is 1. The number of pyridine rings is 1. The fourth-order valence-corrected chi connectivity index (χ4v) is 1.88. The summed E-state index contributed by atoms with van der Waals surface area (Å²) < 4.78 is 43.1. The summed E-state index contributed by atoms with van der Waals surface area (Å²) in [6, 6.07) is 2.21. The van der Waals surface area contributed by atoms with Crippen molar-refractivity contribution in [3.8, 4) is 5.88 Å². The van der Waals surface area contributed by atoms with Crippen molar-refractivity contribution in [2.45, 2.75) is 25.1 Å². The minimum Gasteiger partial charge on any atom is -0.476 e. The van der Waals surface area contributed by atoms with E-state index in [4.69, 9.17) is 10.5 Å². The molecule has 1 fully saturated rings. The number of primary amides is 1. The SMILES string of the molecule is CN(CCOc1nc(C(F)(F)F)ccc1C(N)=O)C1CC1. The van der Waals surface area contributed by atoms with Crippen molar-refractivity contribution in [3.63, 3.8) is 0 Å². The van der Waals surface area contributed by atoms with Gasteiger partial charge in [-0.3, -0.25) is 4.79 Å². The van der Waals surface area contributed by atoms with E-state index in [1.165, 1.54) is 0 Å². The molecule has 0 bridgehead atoms. The van der Waals surface area contributed by atoms with Crippen LogP contribution in [0.4, 0.5) is 13.2 Å². The highest BCUT2D eigenvalue weighted by Gasteiger charge is 2.34. The molecular weight excluding hydrogens is 287 g/mol. The zero-order chi connectivity index (χ0) is 15.6. The minimum absolute atomic E-state index is 0.140. The van der Waals surface area contributed by atoms with Crippen molar-refractivity contribution in [3.05, 3.63) is 23.4 Å². The Morgan fingerprint density at radius 3 is 2.67 bits per heavy atom. The van der Waals surface area contributed by atoms with Crippen LogP contribution in [-0.4, -0.2) is 42.0 Å². The lowest BCUT2D eigenvalue weighted by molar-refractivity contribution is -0.141. The molecule has 1 aliphatic rings. The molecule has 1 aromatic heterocycles. The Morgan fingerprint density at radius 2 is 2.14 bits per heavy atom. The number of hydrogen-bond acceptors (Lipinski definition) is 4. The van der Waals surface area contributed by atoms with E-state index in [1.54, 1.807) is 0 Å². The molecule has 0 atom stereocenters. The number of carbonyl (C=O) groups is 1. The topological polar surface area (TPSA) is 68.4 Å². The predicted octanol–water partition coefficient (Wildman–Crippen LogP) is 1.67. The van der Waals surface area contributed by atoms with E-state index in [9.17, 15) is 18.0 Å². The van der Waals surface area contributed by atoms with Crippen LogP contribution in [0.25, 0.3) is 0 Å². The largest absolute Gasteiger partial charge is 0.476 e. The van der Waals surface area contributed by atoms with Crippen molar-refractivity contribution < 1.29 is 22.7 Å². The van der Waals surface area contributed by atoms with Gasteiger partial charge in [-0.1, -0.05) is 0 Å². The Morgan fingerprint density at radius 1 is 1.48 bits per heavy atom. The van der Waals surface area contributed by atoms with Crippen LogP contribution in [0.2, 0.25) is 0 Å². The van der Waals surface area contributed by atoms with Gasteiger partial charge in [0.05, 0.1) is 0 Å². The summed E-state index contributed by atoms with van der Waals surface area (Å²) in [4.78, 5) is 16.6. The molecule has 2 N–H and O–H groups in total. The highest BCUT2D eigenvalue weighted by molar-refractivity contribution is 5.95. The van der Waals surface area contributed by atoms with Crippen LogP contribution in [0.5, 0.6) is 5.88 Å². The fourth-order valence-electron chi connectivity index (χ4n) is 1.88. The third kappa shape index (κ3) is 4.07. The molecule has 0 spiro atoms. The van der Waals surface area contributed by atoms with Crippen molar-refractivity contribution in [2.24, 2.45) is 5.73 Å². The van der Waals surface area contributed by atoms with Crippen LogP contribution < -0.4 is 10.5 Å². The first-order valence-corrected chi connectivity index (χ1v) is 6.50. The highest BCUT2D eigenvalue weighted by atomic mass is 19.4. The summed E-state index contributed by atoms with van der Waals surface area (Å²) >= 11 is 0. The fraction of sp³-hybridized carbons (Fsp3) is 0.538. The number of halogens is 3. The van der Waals surface area contributed by atoms with Gasteiger partial charge in [0, 0.05) is 12.6 Å². The number of nitrogens with zero attached hydrogens (tertiary/aromatic N) is 2. The number of rotatable bonds is 6. The van der Waals surface area contributed by atoms with Gasteiger partial charge in [-0.2, -0.15) is 13.2 Å². The molecule has 0 aromatic carbocycles. The zero-order valence-corrected chi connectivity index (χ0v) is 11.5.